The molecule has 0 spiro atoms. The van der Waals surface area contributed by atoms with Gasteiger partial charge in [-0.05, 0) is 42.3 Å². The molecule has 2 atom stereocenters. The second-order valence-electron chi connectivity index (χ2n) is 5.50. The summed E-state index contributed by atoms with van der Waals surface area (Å²) in [6.07, 6.45) is 0.785. The molecule has 0 fully saturated rings. The van der Waals surface area contributed by atoms with Crippen LogP contribution in [0, 0.1) is 5.82 Å². The van der Waals surface area contributed by atoms with E-state index in [9.17, 15) is 13.2 Å². The summed E-state index contributed by atoms with van der Waals surface area (Å²) < 4.78 is 40.0. The summed E-state index contributed by atoms with van der Waals surface area (Å²) >= 11 is -2.29. The van der Waals surface area contributed by atoms with Gasteiger partial charge in [0.05, 0.1) is 10.9 Å². The van der Waals surface area contributed by atoms with E-state index in [1.807, 2.05) is 31.3 Å². The van der Waals surface area contributed by atoms with Crippen molar-refractivity contribution in [3.05, 3.63) is 59.4 Å². The number of nitrogens with one attached hydrogen (secondary N) is 2. The first-order chi connectivity index (χ1) is 12.1. The first-order valence-corrected chi connectivity index (χ1v) is 9.08. The number of anilines is 1. The summed E-state index contributed by atoms with van der Waals surface area (Å²) in [5.74, 6) is -0.541. The van der Waals surface area contributed by atoms with Crippen LogP contribution < -0.4 is 10.6 Å². The van der Waals surface area contributed by atoms with Gasteiger partial charge in [0.15, 0.2) is 11.1 Å². The minimum atomic E-state index is -2.29. The fourth-order valence-electron chi connectivity index (χ4n) is 2.72. The molecule has 0 aliphatic rings. The normalized spacial score (nSPS) is 13.4. The molecule has 0 heterocycles. The molecule has 0 amide bonds. The maximum absolute atomic E-state index is 13.6. The molecule has 0 bridgehead atoms. The van der Waals surface area contributed by atoms with Crippen molar-refractivity contribution in [1.82, 2.24) is 5.32 Å². The van der Waals surface area contributed by atoms with E-state index in [-0.39, 0.29) is 10.9 Å². The second-order valence-corrected chi connectivity index (χ2v) is 6.44. The Bertz CT molecular complexity index is 727. The van der Waals surface area contributed by atoms with Crippen LogP contribution in [0.15, 0.2) is 47.4 Å². The molecule has 2 aromatic rings. The molecule has 0 aliphatic heterocycles. The smallest absolute Gasteiger partial charge is 0.186 e. The number of halogens is 1. The van der Waals surface area contributed by atoms with Crippen LogP contribution in [0.3, 0.4) is 0 Å². The van der Waals surface area contributed by atoms with Crippen LogP contribution >= 0.6 is 0 Å². The van der Waals surface area contributed by atoms with Gasteiger partial charge >= 0.3 is 0 Å². The average molecular weight is 366 g/mol. The molecule has 0 radical (unpaired) electrons. The zero-order valence-corrected chi connectivity index (χ0v) is 15.1. The van der Waals surface area contributed by atoms with Crippen molar-refractivity contribution >= 4 is 16.8 Å². The van der Waals surface area contributed by atoms with Crippen molar-refractivity contribution in [2.75, 3.05) is 32.6 Å². The van der Waals surface area contributed by atoms with Crippen LogP contribution in [0.25, 0.3) is 0 Å². The Hall–Kier alpha value is -1.80. The minimum absolute atomic E-state index is 0.0650. The lowest BCUT2D eigenvalue weighted by molar-refractivity contribution is 0.193. The summed E-state index contributed by atoms with van der Waals surface area (Å²) in [4.78, 5) is 0.0650. The molecule has 2 unspecified atom stereocenters. The van der Waals surface area contributed by atoms with Crippen molar-refractivity contribution in [1.29, 1.82) is 0 Å². The van der Waals surface area contributed by atoms with E-state index in [1.54, 1.807) is 13.2 Å². The van der Waals surface area contributed by atoms with E-state index >= 15 is 0 Å². The highest BCUT2D eigenvalue weighted by molar-refractivity contribution is 7.79. The summed E-state index contributed by atoms with van der Waals surface area (Å²) in [7, 11) is 3.46. The van der Waals surface area contributed by atoms with E-state index in [0.29, 0.717) is 18.7 Å². The Morgan fingerprint density at radius 1 is 1.24 bits per heavy atom. The molecule has 7 heteroatoms. The summed E-state index contributed by atoms with van der Waals surface area (Å²) in [5.41, 5.74) is 2.38. The maximum atomic E-state index is 13.6. The van der Waals surface area contributed by atoms with E-state index < -0.39 is 16.9 Å². The molecule has 3 N–H and O–H groups in total. The lowest BCUT2D eigenvalue weighted by atomic mass is 9.96. The lowest BCUT2D eigenvalue weighted by Gasteiger charge is -2.24. The van der Waals surface area contributed by atoms with Crippen LogP contribution in [0.2, 0.25) is 0 Å². The number of benzene rings is 2. The number of para-hydroxylation sites is 1. The molecule has 2 rings (SSSR count). The highest BCUT2D eigenvalue weighted by Crippen LogP contribution is 2.31. The van der Waals surface area contributed by atoms with E-state index in [4.69, 9.17) is 4.74 Å². The topological polar surface area (TPSA) is 70.6 Å². The third-order valence-corrected chi connectivity index (χ3v) is 4.62. The van der Waals surface area contributed by atoms with Gasteiger partial charge in [0, 0.05) is 26.5 Å². The van der Waals surface area contributed by atoms with Crippen molar-refractivity contribution in [3.8, 4) is 0 Å². The first-order valence-electron chi connectivity index (χ1n) is 7.97. The zero-order valence-electron chi connectivity index (χ0n) is 14.3. The van der Waals surface area contributed by atoms with Crippen molar-refractivity contribution in [2.24, 2.45) is 0 Å². The molecule has 5 nitrogen and oxygen atoms in total. The maximum Gasteiger partial charge on any atom is 0.186 e. The predicted molar refractivity (Wildman–Crippen MR) is 97.8 cm³/mol. The monoisotopic (exact) mass is 366 g/mol. The quantitative estimate of drug-likeness (QED) is 0.470. The van der Waals surface area contributed by atoms with Gasteiger partial charge in [-0.3, -0.25) is 0 Å². The molecular weight excluding hydrogens is 343 g/mol. The lowest BCUT2D eigenvalue weighted by Crippen LogP contribution is -2.26. The number of hydrogen-bond donors (Lipinski definition) is 3. The molecule has 2 aromatic carbocycles. The zero-order chi connectivity index (χ0) is 18.2. The summed E-state index contributed by atoms with van der Waals surface area (Å²) in [6, 6.07) is 11.3. The van der Waals surface area contributed by atoms with Gasteiger partial charge in [-0.1, -0.05) is 24.3 Å². The van der Waals surface area contributed by atoms with Crippen LogP contribution in [-0.2, 0) is 15.8 Å². The van der Waals surface area contributed by atoms with Crippen LogP contribution in [0.4, 0.5) is 10.1 Å². The van der Waals surface area contributed by atoms with Crippen LogP contribution in [0.1, 0.15) is 23.6 Å². The molecule has 0 saturated heterocycles. The van der Waals surface area contributed by atoms with Gasteiger partial charge in [0.25, 0.3) is 0 Å². The van der Waals surface area contributed by atoms with Crippen LogP contribution in [0.5, 0.6) is 0 Å². The van der Waals surface area contributed by atoms with Gasteiger partial charge in [-0.15, -0.1) is 0 Å². The SMILES string of the molecule is CNc1ccccc1C(NCCCOC)c1ccc(F)cc1S(=O)O. The van der Waals surface area contributed by atoms with Crippen molar-refractivity contribution in [3.63, 3.8) is 0 Å². The minimum Gasteiger partial charge on any atom is -0.388 e. The van der Waals surface area contributed by atoms with Gasteiger partial charge in [-0.2, -0.15) is 0 Å². The number of hydrogen-bond acceptors (Lipinski definition) is 4. The van der Waals surface area contributed by atoms with Gasteiger partial charge in [0.1, 0.15) is 5.82 Å². The van der Waals surface area contributed by atoms with Crippen LogP contribution in [-0.4, -0.2) is 36.1 Å². The number of ether oxygens (including phenoxy) is 1. The molecular formula is C18H23FN2O3S. The van der Waals surface area contributed by atoms with Crippen molar-refractivity contribution in [2.45, 2.75) is 17.4 Å². The van der Waals surface area contributed by atoms with Gasteiger partial charge < -0.3 is 19.9 Å². The van der Waals surface area contributed by atoms with E-state index in [1.165, 1.54) is 6.07 Å². The highest BCUT2D eigenvalue weighted by Gasteiger charge is 2.22. The van der Waals surface area contributed by atoms with Gasteiger partial charge in [0.2, 0.25) is 0 Å². The Balaban J connectivity index is 2.46. The standard InChI is InChI=1S/C18H23FN2O3S/c1-20-16-7-4-3-6-14(16)18(21-10-5-11-24-2)15-9-8-13(19)12-17(15)25(22)23/h3-4,6-9,12,18,20-21H,5,10-11H2,1-2H3,(H,22,23). The van der Waals surface area contributed by atoms with Gasteiger partial charge in [-0.25, -0.2) is 8.60 Å². The first kappa shape index (κ1) is 19.5. The molecule has 0 saturated carbocycles. The summed E-state index contributed by atoms with van der Waals surface area (Å²) in [5, 5.41) is 6.52. The largest absolute Gasteiger partial charge is 0.388 e. The number of rotatable bonds is 9. The fourth-order valence-corrected chi connectivity index (χ4v) is 3.33. The Morgan fingerprint density at radius 2 is 2.00 bits per heavy atom. The average Bonchev–Trinajstić information content (AvgIpc) is 2.62. The Labute approximate surface area is 149 Å². The number of methoxy groups -OCH3 is 1. The summed E-state index contributed by atoms with van der Waals surface area (Å²) in [6.45, 7) is 1.25. The van der Waals surface area contributed by atoms with E-state index in [2.05, 4.69) is 10.6 Å². The third-order valence-electron chi connectivity index (χ3n) is 3.89. The molecule has 136 valence electrons. The highest BCUT2D eigenvalue weighted by atomic mass is 32.2. The Morgan fingerprint density at radius 3 is 2.68 bits per heavy atom. The third kappa shape index (κ3) is 5.09. The van der Waals surface area contributed by atoms with Crippen molar-refractivity contribution < 1.29 is 17.9 Å². The fraction of sp³-hybridized carbons (Fsp3) is 0.333. The molecule has 0 aromatic heterocycles. The predicted octanol–water partition coefficient (Wildman–Crippen LogP) is 3.16. The Kier molecular flexibility index (Phi) is 7.52. The second kappa shape index (κ2) is 9.62. The molecule has 0 aliphatic carbocycles. The molecule has 25 heavy (non-hydrogen) atoms. The van der Waals surface area contributed by atoms with E-state index in [0.717, 1.165) is 23.7 Å².